The summed E-state index contributed by atoms with van der Waals surface area (Å²) in [5, 5.41) is 4.84. The van der Waals surface area contributed by atoms with E-state index < -0.39 is 0 Å². The molecule has 1 saturated carbocycles. The van der Waals surface area contributed by atoms with Gasteiger partial charge >= 0.3 is 0 Å². The molecule has 1 aliphatic heterocycles. The van der Waals surface area contributed by atoms with E-state index in [0.717, 1.165) is 24.3 Å². The summed E-state index contributed by atoms with van der Waals surface area (Å²) in [6.07, 6.45) is 3.98. The van der Waals surface area contributed by atoms with Crippen molar-refractivity contribution in [1.82, 2.24) is 10.3 Å². The Morgan fingerprint density at radius 2 is 2.00 bits per heavy atom. The molecule has 0 amide bonds. The minimum absolute atomic E-state index is 0.540. The lowest BCUT2D eigenvalue weighted by Crippen LogP contribution is -2.38. The van der Waals surface area contributed by atoms with Gasteiger partial charge in [0, 0.05) is 36.5 Å². The van der Waals surface area contributed by atoms with Gasteiger partial charge in [-0.05, 0) is 31.1 Å². The largest absolute Gasteiger partial charge is 0.348 e. The van der Waals surface area contributed by atoms with Crippen LogP contribution in [0.5, 0.6) is 0 Å². The Labute approximate surface area is 133 Å². The first-order chi connectivity index (χ1) is 10.0. The van der Waals surface area contributed by atoms with E-state index in [2.05, 4.69) is 37.9 Å². The zero-order valence-corrected chi connectivity index (χ0v) is 14.7. The highest BCUT2D eigenvalue weighted by atomic mass is 32.1. The molecule has 2 fully saturated rings. The van der Waals surface area contributed by atoms with Crippen LogP contribution < -0.4 is 10.2 Å². The lowest BCUT2D eigenvalue weighted by Gasteiger charge is -2.35. The van der Waals surface area contributed by atoms with E-state index in [4.69, 9.17) is 4.98 Å². The van der Waals surface area contributed by atoms with Gasteiger partial charge in [0.15, 0.2) is 5.13 Å². The third-order valence-corrected chi connectivity index (χ3v) is 6.09. The topological polar surface area (TPSA) is 28.2 Å². The summed E-state index contributed by atoms with van der Waals surface area (Å²) in [5.74, 6) is 2.38. The van der Waals surface area contributed by atoms with Crippen molar-refractivity contribution >= 4 is 16.5 Å². The van der Waals surface area contributed by atoms with Gasteiger partial charge in [-0.1, -0.05) is 27.7 Å². The maximum atomic E-state index is 5.04. The summed E-state index contributed by atoms with van der Waals surface area (Å²) >= 11 is 1.93. The van der Waals surface area contributed by atoms with Crippen LogP contribution in [-0.4, -0.2) is 24.1 Å². The number of hydrogen-bond acceptors (Lipinski definition) is 4. The van der Waals surface area contributed by atoms with Crippen LogP contribution in [0.2, 0.25) is 0 Å². The first-order valence-corrected chi connectivity index (χ1v) is 9.34. The smallest absolute Gasteiger partial charge is 0.185 e. The highest BCUT2D eigenvalue weighted by Gasteiger charge is 2.31. The average molecular weight is 308 g/mol. The first-order valence-electron chi connectivity index (χ1n) is 8.52. The van der Waals surface area contributed by atoms with Gasteiger partial charge in [-0.2, -0.15) is 0 Å². The Morgan fingerprint density at radius 3 is 2.62 bits per heavy atom. The highest BCUT2D eigenvalue weighted by Crippen LogP contribution is 2.44. The molecule has 2 unspecified atom stereocenters. The number of anilines is 1. The molecule has 0 radical (unpaired) electrons. The molecule has 1 aromatic heterocycles. The van der Waals surface area contributed by atoms with Gasteiger partial charge in [-0.3, -0.25) is 0 Å². The normalized spacial score (nSPS) is 26.6. The predicted octanol–water partition coefficient (Wildman–Crippen LogP) is 4.00. The van der Waals surface area contributed by atoms with Gasteiger partial charge in [0.25, 0.3) is 0 Å². The van der Waals surface area contributed by atoms with Crippen molar-refractivity contribution in [3.8, 4) is 0 Å². The number of rotatable bonds is 5. The van der Waals surface area contributed by atoms with Crippen molar-refractivity contribution in [1.29, 1.82) is 0 Å². The molecule has 118 valence electrons. The maximum Gasteiger partial charge on any atom is 0.185 e. The number of nitrogens with one attached hydrogen (secondary N) is 1. The van der Waals surface area contributed by atoms with Crippen molar-refractivity contribution in [2.24, 2.45) is 11.8 Å². The van der Waals surface area contributed by atoms with Gasteiger partial charge < -0.3 is 10.2 Å². The van der Waals surface area contributed by atoms with Crippen molar-refractivity contribution in [2.75, 3.05) is 18.0 Å². The van der Waals surface area contributed by atoms with Crippen LogP contribution >= 0.6 is 11.3 Å². The second-order valence-electron chi connectivity index (χ2n) is 7.30. The molecule has 1 N–H and O–H groups in total. The molecule has 4 heteroatoms. The number of aromatic nitrogens is 1. The van der Waals surface area contributed by atoms with Crippen LogP contribution in [0, 0.1) is 11.8 Å². The predicted molar refractivity (Wildman–Crippen MR) is 91.2 cm³/mol. The zero-order valence-electron chi connectivity index (χ0n) is 13.9. The average Bonchev–Trinajstić information content (AvgIpc) is 3.20. The summed E-state index contributed by atoms with van der Waals surface area (Å²) in [6, 6.07) is 0.540. The van der Waals surface area contributed by atoms with Gasteiger partial charge in [0.1, 0.15) is 0 Å². The van der Waals surface area contributed by atoms with E-state index >= 15 is 0 Å². The molecule has 0 spiro atoms. The summed E-state index contributed by atoms with van der Waals surface area (Å²) < 4.78 is 0. The summed E-state index contributed by atoms with van der Waals surface area (Å²) in [6.45, 7) is 12.5. The Kier molecular flexibility index (Phi) is 4.55. The Bertz CT molecular complexity index is 478. The number of thiazole rings is 1. The molecule has 2 aliphatic rings. The second kappa shape index (κ2) is 6.25. The quantitative estimate of drug-likeness (QED) is 0.891. The molecule has 1 saturated heterocycles. The first kappa shape index (κ1) is 15.3. The molecule has 0 aromatic carbocycles. The summed E-state index contributed by atoms with van der Waals surface area (Å²) in [7, 11) is 0. The third-order valence-electron chi connectivity index (χ3n) is 4.96. The number of piperidine rings is 1. The van der Waals surface area contributed by atoms with Gasteiger partial charge in [-0.25, -0.2) is 4.98 Å². The maximum absolute atomic E-state index is 5.04. The summed E-state index contributed by atoms with van der Waals surface area (Å²) in [5.41, 5.74) is 1.40. The van der Waals surface area contributed by atoms with Crippen molar-refractivity contribution in [2.45, 2.75) is 65.5 Å². The van der Waals surface area contributed by atoms with Crippen molar-refractivity contribution in [3.63, 3.8) is 0 Å². The molecular formula is C17H29N3S. The third kappa shape index (κ3) is 3.59. The molecule has 1 aliphatic carbocycles. The monoisotopic (exact) mass is 307 g/mol. The van der Waals surface area contributed by atoms with E-state index in [9.17, 15) is 0 Å². The second-order valence-corrected chi connectivity index (χ2v) is 8.37. The van der Waals surface area contributed by atoms with Crippen molar-refractivity contribution < 1.29 is 0 Å². The molecular weight excluding hydrogens is 278 g/mol. The van der Waals surface area contributed by atoms with Gasteiger partial charge in [0.2, 0.25) is 0 Å². The highest BCUT2D eigenvalue weighted by molar-refractivity contribution is 7.15. The molecule has 1 aromatic rings. The lowest BCUT2D eigenvalue weighted by molar-refractivity contribution is 0.323. The van der Waals surface area contributed by atoms with Gasteiger partial charge in [0.05, 0.1) is 5.69 Å². The zero-order chi connectivity index (χ0) is 15.0. The molecule has 3 rings (SSSR count). The fraction of sp³-hybridized carbons (Fsp3) is 0.824. The minimum Gasteiger partial charge on any atom is -0.348 e. The standard InChI is InChI=1S/C17H29N3S/c1-11(2)18-9-15-16(14-5-6-14)19-17(21-15)20-8-7-12(3)13(4)10-20/h11-14,18H,5-10H2,1-4H3. The minimum atomic E-state index is 0.540. The lowest BCUT2D eigenvalue weighted by atomic mass is 9.89. The van der Waals surface area contributed by atoms with E-state index in [1.54, 1.807) is 0 Å². The molecule has 3 nitrogen and oxygen atoms in total. The van der Waals surface area contributed by atoms with Crippen LogP contribution in [0.4, 0.5) is 5.13 Å². The van der Waals surface area contributed by atoms with Crippen LogP contribution in [0.25, 0.3) is 0 Å². The number of nitrogens with zero attached hydrogens (tertiary/aromatic N) is 2. The fourth-order valence-electron chi connectivity index (χ4n) is 3.02. The fourth-order valence-corrected chi connectivity index (χ4v) is 4.15. The van der Waals surface area contributed by atoms with Crippen LogP contribution in [-0.2, 0) is 6.54 Å². The molecule has 0 bridgehead atoms. The SMILES string of the molecule is CC(C)NCc1sc(N2CCC(C)C(C)C2)nc1C1CC1. The van der Waals surface area contributed by atoms with E-state index in [1.165, 1.54) is 48.1 Å². The Morgan fingerprint density at radius 1 is 1.24 bits per heavy atom. The molecule has 2 atom stereocenters. The van der Waals surface area contributed by atoms with Crippen LogP contribution in [0.1, 0.15) is 63.4 Å². The summed E-state index contributed by atoms with van der Waals surface area (Å²) in [4.78, 5) is 9.04. The van der Waals surface area contributed by atoms with Crippen molar-refractivity contribution in [3.05, 3.63) is 10.6 Å². The Balaban J connectivity index is 1.74. The van der Waals surface area contributed by atoms with Crippen LogP contribution in [0.3, 0.4) is 0 Å². The van der Waals surface area contributed by atoms with E-state index in [-0.39, 0.29) is 0 Å². The van der Waals surface area contributed by atoms with E-state index in [1.807, 2.05) is 11.3 Å². The van der Waals surface area contributed by atoms with Gasteiger partial charge in [-0.15, -0.1) is 11.3 Å². The molecule has 2 heterocycles. The number of hydrogen-bond donors (Lipinski definition) is 1. The Hall–Kier alpha value is -0.610. The van der Waals surface area contributed by atoms with E-state index in [0.29, 0.717) is 6.04 Å². The van der Waals surface area contributed by atoms with Crippen LogP contribution in [0.15, 0.2) is 0 Å². The molecule has 21 heavy (non-hydrogen) atoms.